The SMILES string of the molecule is CCCCCCCC(CN)N(CCC)CCC. The van der Waals surface area contributed by atoms with E-state index in [4.69, 9.17) is 5.73 Å². The summed E-state index contributed by atoms with van der Waals surface area (Å²) in [7, 11) is 0. The zero-order valence-electron chi connectivity index (χ0n) is 12.4. The summed E-state index contributed by atoms with van der Waals surface area (Å²) in [4.78, 5) is 2.60. The van der Waals surface area contributed by atoms with Gasteiger partial charge in [-0.25, -0.2) is 0 Å². The Kier molecular flexibility index (Phi) is 12.3. The number of rotatable bonds is 12. The van der Waals surface area contributed by atoms with Crippen molar-refractivity contribution in [2.24, 2.45) is 5.73 Å². The van der Waals surface area contributed by atoms with Gasteiger partial charge in [0.25, 0.3) is 0 Å². The van der Waals surface area contributed by atoms with Gasteiger partial charge in [-0.3, -0.25) is 4.90 Å². The molecule has 0 aromatic carbocycles. The highest BCUT2D eigenvalue weighted by Crippen LogP contribution is 2.12. The summed E-state index contributed by atoms with van der Waals surface area (Å²) in [5.41, 5.74) is 5.93. The third-order valence-corrected chi connectivity index (χ3v) is 3.45. The third kappa shape index (κ3) is 8.62. The first kappa shape index (κ1) is 16.9. The summed E-state index contributed by atoms with van der Waals surface area (Å²) >= 11 is 0. The number of nitrogens with two attached hydrogens (primary N) is 1. The van der Waals surface area contributed by atoms with Gasteiger partial charge in [-0.15, -0.1) is 0 Å². The molecule has 0 saturated heterocycles. The molecule has 0 aromatic rings. The minimum atomic E-state index is 0.622. The standard InChI is InChI=1S/C15H34N2/c1-4-7-8-9-10-11-15(14-16)17(12-5-2)13-6-3/h15H,4-14,16H2,1-3H3. The van der Waals surface area contributed by atoms with Crippen molar-refractivity contribution in [1.29, 1.82) is 0 Å². The van der Waals surface area contributed by atoms with Crippen LogP contribution >= 0.6 is 0 Å². The highest BCUT2D eigenvalue weighted by atomic mass is 15.2. The van der Waals surface area contributed by atoms with E-state index >= 15 is 0 Å². The number of unbranched alkanes of at least 4 members (excludes halogenated alkanes) is 4. The first-order valence-corrected chi connectivity index (χ1v) is 7.74. The zero-order valence-corrected chi connectivity index (χ0v) is 12.4. The van der Waals surface area contributed by atoms with Gasteiger partial charge in [-0.2, -0.15) is 0 Å². The van der Waals surface area contributed by atoms with Crippen LogP contribution in [0.4, 0.5) is 0 Å². The Morgan fingerprint density at radius 2 is 1.41 bits per heavy atom. The van der Waals surface area contributed by atoms with Crippen molar-refractivity contribution < 1.29 is 0 Å². The quantitative estimate of drug-likeness (QED) is 0.528. The molecule has 0 aliphatic rings. The van der Waals surface area contributed by atoms with Crippen LogP contribution in [0.3, 0.4) is 0 Å². The molecule has 0 amide bonds. The molecule has 0 saturated carbocycles. The second kappa shape index (κ2) is 12.4. The lowest BCUT2D eigenvalue weighted by Crippen LogP contribution is -2.41. The molecule has 1 atom stereocenters. The number of hydrogen-bond acceptors (Lipinski definition) is 2. The average molecular weight is 242 g/mol. The van der Waals surface area contributed by atoms with Crippen molar-refractivity contribution >= 4 is 0 Å². The van der Waals surface area contributed by atoms with E-state index in [0.29, 0.717) is 6.04 Å². The minimum Gasteiger partial charge on any atom is -0.329 e. The lowest BCUT2D eigenvalue weighted by molar-refractivity contribution is 0.187. The Labute approximate surface area is 109 Å². The fourth-order valence-electron chi connectivity index (χ4n) is 2.48. The van der Waals surface area contributed by atoms with E-state index in [9.17, 15) is 0 Å². The molecule has 0 aromatic heterocycles. The number of hydrogen-bond donors (Lipinski definition) is 1. The second-order valence-electron chi connectivity index (χ2n) is 5.13. The van der Waals surface area contributed by atoms with Crippen molar-refractivity contribution in [3.63, 3.8) is 0 Å². The molecule has 0 heterocycles. The van der Waals surface area contributed by atoms with Crippen LogP contribution in [0.1, 0.15) is 72.1 Å². The maximum Gasteiger partial charge on any atom is 0.0218 e. The smallest absolute Gasteiger partial charge is 0.0218 e. The van der Waals surface area contributed by atoms with E-state index in [1.54, 1.807) is 0 Å². The molecular weight excluding hydrogens is 208 g/mol. The summed E-state index contributed by atoms with van der Waals surface area (Å²) in [5.74, 6) is 0. The van der Waals surface area contributed by atoms with Crippen LogP contribution in [0.15, 0.2) is 0 Å². The van der Waals surface area contributed by atoms with Crippen LogP contribution in [0.2, 0.25) is 0 Å². The molecule has 1 unspecified atom stereocenters. The Balaban J connectivity index is 3.83. The first-order valence-electron chi connectivity index (χ1n) is 7.74. The van der Waals surface area contributed by atoms with Crippen LogP contribution in [0, 0.1) is 0 Å². The van der Waals surface area contributed by atoms with Gasteiger partial charge in [0, 0.05) is 12.6 Å². The van der Waals surface area contributed by atoms with E-state index in [1.807, 2.05) is 0 Å². The molecular formula is C15H34N2. The van der Waals surface area contributed by atoms with Crippen molar-refractivity contribution in [2.45, 2.75) is 78.2 Å². The molecule has 2 N–H and O–H groups in total. The summed E-state index contributed by atoms with van der Waals surface area (Å²) in [6, 6.07) is 0.622. The van der Waals surface area contributed by atoms with Crippen LogP contribution in [0.5, 0.6) is 0 Å². The molecule has 17 heavy (non-hydrogen) atoms. The molecule has 0 rings (SSSR count). The normalized spacial score (nSPS) is 13.2. The van der Waals surface area contributed by atoms with Gasteiger partial charge in [-0.1, -0.05) is 52.9 Å². The van der Waals surface area contributed by atoms with Gasteiger partial charge >= 0.3 is 0 Å². The first-order chi connectivity index (χ1) is 8.29. The zero-order chi connectivity index (χ0) is 12.9. The second-order valence-corrected chi connectivity index (χ2v) is 5.13. The summed E-state index contributed by atoms with van der Waals surface area (Å²) in [6.07, 6.45) is 10.6. The van der Waals surface area contributed by atoms with Crippen molar-refractivity contribution in [3.05, 3.63) is 0 Å². The van der Waals surface area contributed by atoms with Gasteiger partial charge in [0.15, 0.2) is 0 Å². The predicted octanol–water partition coefficient (Wildman–Crippen LogP) is 3.80. The fourth-order valence-corrected chi connectivity index (χ4v) is 2.48. The van der Waals surface area contributed by atoms with E-state index in [-0.39, 0.29) is 0 Å². The van der Waals surface area contributed by atoms with E-state index in [1.165, 1.54) is 64.5 Å². The fraction of sp³-hybridized carbons (Fsp3) is 1.00. The van der Waals surface area contributed by atoms with Gasteiger partial charge in [0.05, 0.1) is 0 Å². The Morgan fingerprint density at radius 1 is 0.824 bits per heavy atom. The Hall–Kier alpha value is -0.0800. The highest BCUT2D eigenvalue weighted by Gasteiger charge is 2.14. The van der Waals surface area contributed by atoms with Crippen molar-refractivity contribution in [1.82, 2.24) is 4.90 Å². The van der Waals surface area contributed by atoms with Crippen LogP contribution < -0.4 is 5.73 Å². The lowest BCUT2D eigenvalue weighted by Gasteiger charge is -2.30. The summed E-state index contributed by atoms with van der Waals surface area (Å²) in [5, 5.41) is 0. The third-order valence-electron chi connectivity index (χ3n) is 3.45. The minimum absolute atomic E-state index is 0.622. The van der Waals surface area contributed by atoms with Gasteiger partial charge in [0.2, 0.25) is 0 Å². The van der Waals surface area contributed by atoms with Gasteiger partial charge in [-0.05, 0) is 32.4 Å². The molecule has 0 bridgehead atoms. The maximum absolute atomic E-state index is 5.93. The average Bonchev–Trinajstić information content (AvgIpc) is 2.34. The maximum atomic E-state index is 5.93. The Morgan fingerprint density at radius 3 is 1.88 bits per heavy atom. The highest BCUT2D eigenvalue weighted by molar-refractivity contribution is 4.72. The van der Waals surface area contributed by atoms with Gasteiger partial charge in [0.1, 0.15) is 0 Å². The molecule has 0 aliphatic carbocycles. The molecule has 0 spiro atoms. The van der Waals surface area contributed by atoms with Gasteiger partial charge < -0.3 is 5.73 Å². The van der Waals surface area contributed by atoms with E-state index in [0.717, 1.165) is 6.54 Å². The van der Waals surface area contributed by atoms with Crippen LogP contribution in [0.25, 0.3) is 0 Å². The molecule has 0 radical (unpaired) electrons. The summed E-state index contributed by atoms with van der Waals surface area (Å²) in [6.45, 7) is 10.0. The van der Waals surface area contributed by atoms with E-state index in [2.05, 4.69) is 25.7 Å². The van der Waals surface area contributed by atoms with E-state index < -0.39 is 0 Å². The molecule has 2 nitrogen and oxygen atoms in total. The molecule has 104 valence electrons. The molecule has 0 aliphatic heterocycles. The number of nitrogens with zero attached hydrogens (tertiary/aromatic N) is 1. The summed E-state index contributed by atoms with van der Waals surface area (Å²) < 4.78 is 0. The lowest BCUT2D eigenvalue weighted by atomic mass is 10.0. The molecule has 2 heteroatoms. The largest absolute Gasteiger partial charge is 0.329 e. The topological polar surface area (TPSA) is 29.3 Å². The Bertz CT molecular complexity index is 142. The predicted molar refractivity (Wildman–Crippen MR) is 78.4 cm³/mol. The molecule has 0 fully saturated rings. The van der Waals surface area contributed by atoms with Crippen molar-refractivity contribution in [3.8, 4) is 0 Å². The van der Waals surface area contributed by atoms with Crippen LogP contribution in [-0.2, 0) is 0 Å². The van der Waals surface area contributed by atoms with Crippen molar-refractivity contribution in [2.75, 3.05) is 19.6 Å². The monoisotopic (exact) mass is 242 g/mol. The van der Waals surface area contributed by atoms with Crippen LogP contribution in [-0.4, -0.2) is 30.6 Å².